The molecule has 0 aliphatic rings. The third-order valence-electron chi connectivity index (χ3n) is 2.49. The molecule has 0 aliphatic carbocycles. The first kappa shape index (κ1) is 14.4. The number of non-ortho nitro benzene ring substituents is 1. The van der Waals surface area contributed by atoms with Crippen molar-refractivity contribution in [2.45, 2.75) is 6.92 Å². The predicted molar refractivity (Wildman–Crippen MR) is 70.5 cm³/mol. The first-order chi connectivity index (χ1) is 10.0. The van der Waals surface area contributed by atoms with Crippen LogP contribution in [0.4, 0.5) is 16.3 Å². The average Bonchev–Trinajstić information content (AvgIpc) is 2.47. The highest BCUT2D eigenvalue weighted by Gasteiger charge is 2.18. The van der Waals surface area contributed by atoms with Gasteiger partial charge < -0.3 is 4.74 Å². The van der Waals surface area contributed by atoms with E-state index in [4.69, 9.17) is 0 Å². The summed E-state index contributed by atoms with van der Waals surface area (Å²) in [6, 6.07) is 4.26. The maximum Gasteiger partial charge on any atom is 0.453 e. The van der Waals surface area contributed by atoms with Gasteiger partial charge in [-0.2, -0.15) is 0 Å². The van der Waals surface area contributed by atoms with Crippen molar-refractivity contribution < 1.29 is 19.7 Å². The van der Waals surface area contributed by atoms with Gasteiger partial charge in [0.05, 0.1) is 16.9 Å². The molecular weight excluding hydrogens is 282 g/mol. The van der Waals surface area contributed by atoms with Crippen LogP contribution in [0, 0.1) is 10.1 Å². The van der Waals surface area contributed by atoms with E-state index in [1.807, 2.05) is 0 Å². The lowest BCUT2D eigenvalue weighted by Crippen LogP contribution is -2.34. The fourth-order valence-corrected chi connectivity index (χ4v) is 1.64. The van der Waals surface area contributed by atoms with E-state index < -0.39 is 11.0 Å². The Bertz CT molecular complexity index is 692. The molecule has 0 radical (unpaired) electrons. The Balaban J connectivity index is 2.39. The molecule has 1 heterocycles. The number of carbonyl (C=O) groups is 1. The quantitative estimate of drug-likeness (QED) is 0.494. The summed E-state index contributed by atoms with van der Waals surface area (Å²) < 4.78 is 4.57. The van der Waals surface area contributed by atoms with E-state index >= 15 is 0 Å². The summed E-state index contributed by atoms with van der Waals surface area (Å²) in [5.41, 5.74) is 2.15. The lowest BCUT2D eigenvalue weighted by molar-refractivity contribution is -0.383. The van der Waals surface area contributed by atoms with Gasteiger partial charge in [-0.25, -0.2) is 14.8 Å². The van der Waals surface area contributed by atoms with E-state index in [9.17, 15) is 20.1 Å². The number of nitro groups is 1. The van der Waals surface area contributed by atoms with Crippen LogP contribution in [0.3, 0.4) is 0 Å². The van der Waals surface area contributed by atoms with Gasteiger partial charge in [0.25, 0.3) is 5.69 Å². The number of rotatable bonds is 4. The molecule has 10 heteroatoms. The van der Waals surface area contributed by atoms with Gasteiger partial charge in [0, 0.05) is 6.07 Å². The van der Waals surface area contributed by atoms with Crippen molar-refractivity contribution in [2.24, 2.45) is 0 Å². The van der Waals surface area contributed by atoms with E-state index in [1.165, 1.54) is 18.2 Å². The second-order valence-electron chi connectivity index (χ2n) is 3.78. The van der Waals surface area contributed by atoms with E-state index in [1.54, 1.807) is 6.92 Å². The number of ether oxygens (including phenoxy) is 1. The summed E-state index contributed by atoms with van der Waals surface area (Å²) >= 11 is 0. The summed E-state index contributed by atoms with van der Waals surface area (Å²) in [7, 11) is 0. The zero-order valence-corrected chi connectivity index (χ0v) is 10.9. The summed E-state index contributed by atoms with van der Waals surface area (Å²) in [6.07, 6.45) is 0.0473. The minimum atomic E-state index is -1.03. The smallest absolute Gasteiger partial charge is 0.447 e. The van der Waals surface area contributed by atoms with Gasteiger partial charge >= 0.3 is 6.09 Å². The average molecular weight is 293 g/mol. The first-order valence-electron chi connectivity index (χ1n) is 5.85. The number of hydroxylamine groups is 1. The largest absolute Gasteiger partial charge is 0.453 e. The van der Waals surface area contributed by atoms with Crippen molar-refractivity contribution >= 4 is 28.5 Å². The Morgan fingerprint density at radius 1 is 1.52 bits per heavy atom. The van der Waals surface area contributed by atoms with Crippen molar-refractivity contribution in [3.63, 3.8) is 0 Å². The van der Waals surface area contributed by atoms with Gasteiger partial charge in [-0.1, -0.05) is 11.2 Å². The van der Waals surface area contributed by atoms with E-state index in [0.717, 1.165) is 6.33 Å². The molecule has 2 aromatic rings. The van der Waals surface area contributed by atoms with Crippen LogP contribution in [0.5, 0.6) is 0 Å². The van der Waals surface area contributed by atoms with E-state index in [-0.39, 0.29) is 34.2 Å². The summed E-state index contributed by atoms with van der Waals surface area (Å²) in [5, 5.41) is 20.8. The summed E-state index contributed by atoms with van der Waals surface area (Å²) in [5.74, 6) is 0.0271. The molecule has 1 aromatic carbocycles. The molecule has 0 unspecified atom stereocenters. The maximum atomic E-state index is 11.3. The van der Waals surface area contributed by atoms with Crippen molar-refractivity contribution in [2.75, 3.05) is 12.0 Å². The van der Waals surface area contributed by atoms with Gasteiger partial charge in [-0.15, -0.1) is 0 Å². The van der Waals surface area contributed by atoms with Gasteiger partial charge in [-0.3, -0.25) is 20.7 Å². The minimum absolute atomic E-state index is 0.0271. The highest BCUT2D eigenvalue weighted by Crippen LogP contribution is 2.27. The Morgan fingerprint density at radius 2 is 2.29 bits per heavy atom. The first-order valence-corrected chi connectivity index (χ1v) is 5.85. The van der Waals surface area contributed by atoms with Crippen LogP contribution >= 0.6 is 0 Å². The molecule has 0 saturated heterocycles. The number of amides is 1. The van der Waals surface area contributed by atoms with Crippen molar-refractivity contribution in [3.05, 3.63) is 34.6 Å². The van der Waals surface area contributed by atoms with Crippen LogP contribution in [0.1, 0.15) is 6.92 Å². The van der Waals surface area contributed by atoms with E-state index in [0.29, 0.717) is 0 Å². The molecular formula is C11H11N5O5. The Morgan fingerprint density at radius 3 is 2.95 bits per heavy atom. The number of hydrazine groups is 1. The third kappa shape index (κ3) is 2.95. The van der Waals surface area contributed by atoms with Gasteiger partial charge in [0.15, 0.2) is 11.3 Å². The number of nitrogens with zero attached hydrogens (tertiary/aromatic N) is 4. The van der Waals surface area contributed by atoms with Crippen molar-refractivity contribution in [1.82, 2.24) is 15.1 Å². The van der Waals surface area contributed by atoms with Crippen LogP contribution in [-0.4, -0.2) is 38.0 Å². The van der Waals surface area contributed by atoms with Crippen LogP contribution in [0.2, 0.25) is 0 Å². The Labute approximate surface area is 118 Å². The molecule has 110 valence electrons. The normalized spacial score (nSPS) is 10.2. The monoisotopic (exact) mass is 293 g/mol. The molecule has 0 aliphatic heterocycles. The molecule has 1 aromatic heterocycles. The number of aromatic nitrogens is 2. The van der Waals surface area contributed by atoms with Crippen molar-refractivity contribution in [1.29, 1.82) is 0 Å². The molecule has 0 saturated carbocycles. The predicted octanol–water partition coefficient (Wildman–Crippen LogP) is 1.71. The lowest BCUT2D eigenvalue weighted by Gasteiger charge is -2.16. The van der Waals surface area contributed by atoms with Gasteiger partial charge in [-0.05, 0) is 13.0 Å². The fourth-order valence-electron chi connectivity index (χ4n) is 1.64. The molecule has 1 amide bonds. The molecule has 0 atom stereocenters. The fraction of sp³-hybridized carbons (Fsp3) is 0.182. The highest BCUT2D eigenvalue weighted by atomic mass is 16.7. The summed E-state index contributed by atoms with van der Waals surface area (Å²) in [4.78, 5) is 29.3. The van der Waals surface area contributed by atoms with Gasteiger partial charge in [0.2, 0.25) is 0 Å². The highest BCUT2D eigenvalue weighted by molar-refractivity contribution is 5.94. The number of fused-ring (bicyclic) bond motifs is 1. The number of hydrogen-bond acceptors (Lipinski definition) is 8. The molecule has 2 rings (SSSR count). The molecule has 0 fully saturated rings. The molecule has 21 heavy (non-hydrogen) atoms. The number of nitrogens with one attached hydrogen (secondary N) is 1. The van der Waals surface area contributed by atoms with Gasteiger partial charge in [0.1, 0.15) is 6.33 Å². The third-order valence-corrected chi connectivity index (χ3v) is 2.49. The topological polar surface area (TPSA) is 131 Å². The number of para-hydroxylation sites is 1. The van der Waals surface area contributed by atoms with Crippen LogP contribution in [0.15, 0.2) is 24.5 Å². The molecule has 0 spiro atoms. The number of anilines is 1. The van der Waals surface area contributed by atoms with Crippen molar-refractivity contribution in [3.8, 4) is 0 Å². The number of benzene rings is 1. The Kier molecular flexibility index (Phi) is 4.09. The summed E-state index contributed by atoms with van der Waals surface area (Å²) in [6.45, 7) is 1.66. The SMILES string of the molecule is CCOC(=O)N(O)Nc1ncnc2c([N+](=O)[O-])cccc12. The van der Waals surface area contributed by atoms with Crippen LogP contribution in [0.25, 0.3) is 10.9 Å². The van der Waals surface area contributed by atoms with E-state index in [2.05, 4.69) is 20.1 Å². The maximum absolute atomic E-state index is 11.3. The second kappa shape index (κ2) is 5.96. The zero-order valence-electron chi connectivity index (χ0n) is 10.9. The molecule has 2 N–H and O–H groups in total. The standard InChI is InChI=1S/C11H11N5O5/c1-2-21-11(17)15(18)14-10-7-4-3-5-8(16(19)20)9(7)12-6-13-10/h3-6,18H,2H2,1H3,(H,12,13,14). The molecule has 10 nitrogen and oxygen atoms in total. The zero-order chi connectivity index (χ0) is 15.4. The van der Waals surface area contributed by atoms with Crippen LogP contribution in [-0.2, 0) is 4.74 Å². The van der Waals surface area contributed by atoms with Crippen LogP contribution < -0.4 is 5.43 Å². The number of nitro benzene ring substituents is 1. The number of carbonyl (C=O) groups excluding carboxylic acids is 1. The molecule has 0 bridgehead atoms. The Hall–Kier alpha value is -3.01. The lowest BCUT2D eigenvalue weighted by atomic mass is 10.2. The number of hydrogen-bond donors (Lipinski definition) is 2. The second-order valence-corrected chi connectivity index (χ2v) is 3.78. The minimum Gasteiger partial charge on any atom is -0.447 e.